The van der Waals surface area contributed by atoms with E-state index in [-0.39, 0.29) is 48.6 Å². The summed E-state index contributed by atoms with van der Waals surface area (Å²) in [5, 5.41) is 3.11. The molecule has 2 aromatic heterocycles. The number of esters is 1. The summed E-state index contributed by atoms with van der Waals surface area (Å²) in [6.45, 7) is 5.63. The number of carbonyl (C=O) groups excluding carboxylic acids is 2. The standard InChI is InChI=1S/C32H31F2N5O5/c1-32(2,3)44-26(40)12-18-6-9-20(10-7-18)36-30-28-24(37-29(38-30)27-22(33)14-35-15-23(27)34)17-39(31(28)41)16-19-8-11-21(42-4)13-25(19)43-5/h6-11,13-15H,12,16-17H2,1-5H3,(H,36,37,38). The van der Waals surface area contributed by atoms with Crippen LogP contribution in [0.3, 0.4) is 0 Å². The van der Waals surface area contributed by atoms with Crippen molar-refractivity contribution in [1.82, 2.24) is 19.9 Å². The van der Waals surface area contributed by atoms with Crippen molar-refractivity contribution in [3.05, 3.63) is 88.9 Å². The number of methoxy groups -OCH3 is 2. The molecule has 0 saturated carbocycles. The molecule has 44 heavy (non-hydrogen) atoms. The summed E-state index contributed by atoms with van der Waals surface area (Å²) in [5.41, 5.74) is 1.39. The zero-order chi connectivity index (χ0) is 31.6. The highest BCUT2D eigenvalue weighted by Crippen LogP contribution is 2.35. The molecule has 0 radical (unpaired) electrons. The van der Waals surface area contributed by atoms with E-state index in [0.717, 1.165) is 23.5 Å². The molecule has 228 valence electrons. The Labute approximate surface area is 253 Å². The van der Waals surface area contributed by atoms with Gasteiger partial charge in [0, 0.05) is 17.3 Å². The van der Waals surface area contributed by atoms with E-state index in [2.05, 4.69) is 20.3 Å². The maximum absolute atomic E-state index is 14.7. The van der Waals surface area contributed by atoms with E-state index in [4.69, 9.17) is 14.2 Å². The third-order valence-corrected chi connectivity index (χ3v) is 6.74. The zero-order valence-corrected chi connectivity index (χ0v) is 24.9. The summed E-state index contributed by atoms with van der Waals surface area (Å²) in [6.07, 6.45) is 1.82. The number of aromatic nitrogens is 3. The van der Waals surface area contributed by atoms with Crippen LogP contribution in [-0.2, 0) is 29.0 Å². The molecule has 1 amide bonds. The van der Waals surface area contributed by atoms with Gasteiger partial charge in [-0.3, -0.25) is 14.6 Å². The number of halogens is 2. The number of rotatable bonds is 9. The number of nitrogens with one attached hydrogen (secondary N) is 1. The number of hydrogen-bond donors (Lipinski definition) is 1. The van der Waals surface area contributed by atoms with Crippen LogP contribution in [0.5, 0.6) is 11.5 Å². The van der Waals surface area contributed by atoms with Crippen molar-refractivity contribution in [3.8, 4) is 22.9 Å². The van der Waals surface area contributed by atoms with Gasteiger partial charge in [-0.25, -0.2) is 18.7 Å². The molecule has 4 aromatic rings. The highest BCUT2D eigenvalue weighted by atomic mass is 19.1. The second kappa shape index (κ2) is 12.2. The molecule has 1 N–H and O–H groups in total. The lowest BCUT2D eigenvalue weighted by molar-refractivity contribution is -0.153. The molecule has 1 aliphatic rings. The van der Waals surface area contributed by atoms with Crippen LogP contribution in [0.15, 0.2) is 54.9 Å². The minimum absolute atomic E-state index is 0.0662. The number of benzene rings is 2. The van der Waals surface area contributed by atoms with Crippen molar-refractivity contribution in [2.75, 3.05) is 19.5 Å². The lowest BCUT2D eigenvalue weighted by Gasteiger charge is -2.19. The molecule has 0 bridgehead atoms. The summed E-state index contributed by atoms with van der Waals surface area (Å²) in [7, 11) is 3.07. The number of amides is 1. The maximum atomic E-state index is 14.7. The summed E-state index contributed by atoms with van der Waals surface area (Å²) < 4.78 is 45.6. The van der Waals surface area contributed by atoms with Gasteiger partial charge >= 0.3 is 5.97 Å². The van der Waals surface area contributed by atoms with Gasteiger partial charge in [-0.15, -0.1) is 0 Å². The first-order valence-electron chi connectivity index (χ1n) is 13.7. The van der Waals surface area contributed by atoms with Crippen LogP contribution in [-0.4, -0.2) is 51.5 Å². The van der Waals surface area contributed by atoms with E-state index in [1.54, 1.807) is 75.2 Å². The molecule has 1 aliphatic heterocycles. The second-order valence-corrected chi connectivity index (χ2v) is 11.1. The minimum atomic E-state index is -0.938. The Morgan fingerprint density at radius 2 is 1.68 bits per heavy atom. The number of carbonyl (C=O) groups is 2. The molecule has 5 rings (SSSR count). The normalized spacial score (nSPS) is 12.6. The number of fused-ring (bicyclic) bond motifs is 1. The van der Waals surface area contributed by atoms with Crippen LogP contribution in [0.2, 0.25) is 0 Å². The van der Waals surface area contributed by atoms with Gasteiger partial charge in [0.25, 0.3) is 5.91 Å². The van der Waals surface area contributed by atoms with Gasteiger partial charge in [0.05, 0.1) is 57.4 Å². The SMILES string of the molecule is COc1ccc(CN2Cc3nc(-c4c(F)cncc4F)nc(Nc4ccc(CC(=O)OC(C)(C)C)cc4)c3C2=O)c(OC)c1. The largest absolute Gasteiger partial charge is 0.497 e. The van der Waals surface area contributed by atoms with Gasteiger partial charge < -0.3 is 24.4 Å². The topological polar surface area (TPSA) is 116 Å². The Balaban J connectivity index is 1.48. The molecule has 0 spiro atoms. The highest BCUT2D eigenvalue weighted by molar-refractivity contribution is 6.03. The van der Waals surface area contributed by atoms with E-state index < -0.39 is 22.8 Å². The molecular weight excluding hydrogens is 572 g/mol. The molecule has 10 nitrogen and oxygen atoms in total. The van der Waals surface area contributed by atoms with E-state index in [1.807, 2.05) is 0 Å². The van der Waals surface area contributed by atoms with Crippen molar-refractivity contribution in [2.45, 2.75) is 45.9 Å². The first-order chi connectivity index (χ1) is 21.0. The number of hydrogen-bond acceptors (Lipinski definition) is 9. The molecule has 0 aliphatic carbocycles. The van der Waals surface area contributed by atoms with Crippen LogP contribution in [0.4, 0.5) is 20.3 Å². The van der Waals surface area contributed by atoms with Crippen molar-refractivity contribution >= 4 is 23.4 Å². The van der Waals surface area contributed by atoms with Gasteiger partial charge in [0.2, 0.25) is 0 Å². The smallest absolute Gasteiger partial charge is 0.310 e. The summed E-state index contributed by atoms with van der Waals surface area (Å²) in [4.78, 5) is 39.9. The average Bonchev–Trinajstić information content (AvgIpc) is 3.28. The number of pyridine rings is 1. The van der Waals surface area contributed by atoms with Crippen LogP contribution >= 0.6 is 0 Å². The quantitative estimate of drug-likeness (QED) is 0.244. The van der Waals surface area contributed by atoms with E-state index >= 15 is 0 Å². The summed E-state index contributed by atoms with van der Waals surface area (Å²) in [5.74, 6) is -1.64. The Bertz CT molecular complexity index is 1700. The Morgan fingerprint density at radius 3 is 2.32 bits per heavy atom. The Morgan fingerprint density at radius 1 is 0.977 bits per heavy atom. The monoisotopic (exact) mass is 603 g/mol. The van der Waals surface area contributed by atoms with Crippen LogP contribution < -0.4 is 14.8 Å². The molecular formula is C32H31F2N5O5. The fraction of sp³-hybridized carbons (Fsp3) is 0.281. The van der Waals surface area contributed by atoms with E-state index in [9.17, 15) is 18.4 Å². The first-order valence-corrected chi connectivity index (χ1v) is 13.7. The molecule has 0 saturated heterocycles. The minimum Gasteiger partial charge on any atom is -0.497 e. The molecule has 12 heteroatoms. The fourth-order valence-corrected chi connectivity index (χ4v) is 4.79. The lowest BCUT2D eigenvalue weighted by atomic mass is 10.1. The predicted molar refractivity (Wildman–Crippen MR) is 158 cm³/mol. The van der Waals surface area contributed by atoms with E-state index in [0.29, 0.717) is 22.9 Å². The number of ether oxygens (including phenoxy) is 3. The van der Waals surface area contributed by atoms with Crippen molar-refractivity contribution in [3.63, 3.8) is 0 Å². The summed E-state index contributed by atoms with van der Waals surface area (Å²) >= 11 is 0. The first kappa shape index (κ1) is 30.3. The Kier molecular flexibility index (Phi) is 8.43. The lowest BCUT2D eigenvalue weighted by Crippen LogP contribution is -2.24. The molecule has 0 unspecified atom stereocenters. The molecule has 0 fully saturated rings. The van der Waals surface area contributed by atoms with Gasteiger partial charge in [-0.1, -0.05) is 12.1 Å². The van der Waals surface area contributed by atoms with Crippen molar-refractivity contribution in [1.29, 1.82) is 0 Å². The molecule has 2 aromatic carbocycles. The fourth-order valence-electron chi connectivity index (χ4n) is 4.79. The van der Waals surface area contributed by atoms with Gasteiger partial charge in [-0.05, 0) is 50.6 Å². The zero-order valence-electron chi connectivity index (χ0n) is 24.9. The highest BCUT2D eigenvalue weighted by Gasteiger charge is 2.34. The predicted octanol–water partition coefficient (Wildman–Crippen LogP) is 5.62. The number of nitrogens with zero attached hydrogens (tertiary/aromatic N) is 4. The van der Waals surface area contributed by atoms with Crippen molar-refractivity contribution < 1.29 is 32.6 Å². The van der Waals surface area contributed by atoms with Crippen LogP contribution in [0.25, 0.3) is 11.4 Å². The van der Waals surface area contributed by atoms with Gasteiger partial charge in [0.1, 0.15) is 28.5 Å². The summed E-state index contributed by atoms with van der Waals surface area (Å²) in [6, 6.07) is 12.2. The van der Waals surface area contributed by atoms with Crippen LogP contribution in [0.1, 0.15) is 48.0 Å². The maximum Gasteiger partial charge on any atom is 0.310 e. The third kappa shape index (κ3) is 6.59. The Hall–Kier alpha value is -5.13. The van der Waals surface area contributed by atoms with Crippen LogP contribution in [0, 0.1) is 11.6 Å². The number of anilines is 2. The second-order valence-electron chi connectivity index (χ2n) is 11.1. The van der Waals surface area contributed by atoms with Crippen molar-refractivity contribution in [2.24, 2.45) is 0 Å². The molecule has 0 atom stereocenters. The third-order valence-electron chi connectivity index (χ3n) is 6.74. The van der Waals surface area contributed by atoms with E-state index in [1.165, 1.54) is 7.11 Å². The average molecular weight is 604 g/mol. The van der Waals surface area contributed by atoms with Gasteiger partial charge in [0.15, 0.2) is 17.5 Å². The van der Waals surface area contributed by atoms with Gasteiger partial charge in [-0.2, -0.15) is 0 Å². The molecule has 3 heterocycles.